The highest BCUT2D eigenvalue weighted by Gasteiger charge is 2.38. The first-order chi connectivity index (χ1) is 14.2. The summed E-state index contributed by atoms with van der Waals surface area (Å²) in [6.45, 7) is 3.27. The van der Waals surface area contributed by atoms with Gasteiger partial charge in [-0.05, 0) is 36.6 Å². The predicted octanol–water partition coefficient (Wildman–Crippen LogP) is 3.59. The van der Waals surface area contributed by atoms with E-state index in [4.69, 9.17) is 4.84 Å². The molecule has 3 rings (SSSR count). The molecule has 1 aromatic heterocycles. The van der Waals surface area contributed by atoms with Gasteiger partial charge in [0.25, 0.3) is 5.91 Å². The van der Waals surface area contributed by atoms with Crippen LogP contribution in [0.5, 0.6) is 0 Å². The maximum atomic E-state index is 13.9. The summed E-state index contributed by atoms with van der Waals surface area (Å²) in [5.74, 6) is -0.701. The number of oxime groups is 1. The van der Waals surface area contributed by atoms with Crippen LogP contribution in [-0.2, 0) is 11.0 Å². The molecule has 2 aromatic rings. The van der Waals surface area contributed by atoms with Crippen molar-refractivity contribution in [2.75, 3.05) is 20.3 Å². The van der Waals surface area contributed by atoms with Gasteiger partial charge in [0.05, 0.1) is 30.5 Å². The Morgan fingerprint density at radius 3 is 2.70 bits per heavy atom. The van der Waals surface area contributed by atoms with Crippen molar-refractivity contribution in [1.29, 1.82) is 0 Å². The first kappa shape index (κ1) is 21.8. The standard InChI is InChI=1S/C21H22F3N3O3/c1-12-5-4-6-16(13(12)2)17-9-25-19(8-18(17)21(22,23)24)20(29)27-10-14(26-30-3)7-15(27)11-28/h4-6,8-9,15,28H,7,10-11H2,1-3H3/b26-14-/t15-/m0/s1. The number of amides is 1. The lowest BCUT2D eigenvalue weighted by Gasteiger charge is -2.23. The van der Waals surface area contributed by atoms with Gasteiger partial charge in [0.15, 0.2) is 0 Å². The lowest BCUT2D eigenvalue weighted by atomic mass is 9.94. The lowest BCUT2D eigenvalue weighted by molar-refractivity contribution is -0.137. The molecule has 1 saturated heterocycles. The quantitative estimate of drug-likeness (QED) is 0.766. The molecule has 9 heteroatoms. The molecular weight excluding hydrogens is 399 g/mol. The van der Waals surface area contributed by atoms with E-state index in [0.717, 1.165) is 17.8 Å². The van der Waals surface area contributed by atoms with Crippen LogP contribution < -0.4 is 0 Å². The number of pyridine rings is 1. The highest BCUT2D eigenvalue weighted by atomic mass is 19.4. The molecule has 0 unspecified atom stereocenters. The maximum absolute atomic E-state index is 13.9. The molecule has 0 saturated carbocycles. The first-order valence-electron chi connectivity index (χ1n) is 9.32. The topological polar surface area (TPSA) is 75.0 Å². The van der Waals surface area contributed by atoms with E-state index in [-0.39, 0.29) is 30.8 Å². The number of carbonyl (C=O) groups excluding carboxylic acids is 1. The van der Waals surface area contributed by atoms with E-state index in [1.807, 2.05) is 13.0 Å². The minimum atomic E-state index is -4.67. The van der Waals surface area contributed by atoms with Gasteiger partial charge in [-0.3, -0.25) is 9.78 Å². The molecule has 1 atom stereocenters. The highest BCUT2D eigenvalue weighted by Crippen LogP contribution is 2.39. The monoisotopic (exact) mass is 421 g/mol. The number of rotatable bonds is 4. The van der Waals surface area contributed by atoms with Crippen LogP contribution in [0.3, 0.4) is 0 Å². The van der Waals surface area contributed by atoms with E-state index in [1.165, 1.54) is 12.0 Å². The molecule has 0 aliphatic carbocycles. The zero-order chi connectivity index (χ0) is 22.1. The summed E-state index contributed by atoms with van der Waals surface area (Å²) >= 11 is 0. The van der Waals surface area contributed by atoms with Crippen molar-refractivity contribution in [3.8, 4) is 11.1 Å². The van der Waals surface area contributed by atoms with Crippen LogP contribution in [0, 0.1) is 13.8 Å². The Balaban J connectivity index is 2.05. The second-order valence-electron chi connectivity index (χ2n) is 7.17. The van der Waals surface area contributed by atoms with E-state index in [2.05, 4.69) is 10.1 Å². The smallest absolute Gasteiger partial charge is 0.399 e. The van der Waals surface area contributed by atoms with Gasteiger partial charge in [-0.2, -0.15) is 13.2 Å². The van der Waals surface area contributed by atoms with Crippen molar-refractivity contribution < 1.29 is 27.9 Å². The van der Waals surface area contributed by atoms with Crippen molar-refractivity contribution in [2.24, 2.45) is 5.16 Å². The number of hydrogen-bond acceptors (Lipinski definition) is 5. The molecule has 1 amide bonds. The van der Waals surface area contributed by atoms with E-state index in [1.54, 1.807) is 19.1 Å². The number of aromatic nitrogens is 1. The molecule has 30 heavy (non-hydrogen) atoms. The number of halogens is 3. The summed E-state index contributed by atoms with van der Waals surface area (Å²) in [5.41, 5.74) is 1.15. The molecule has 1 aromatic carbocycles. The van der Waals surface area contributed by atoms with Crippen molar-refractivity contribution in [3.05, 3.63) is 52.8 Å². The van der Waals surface area contributed by atoms with Crippen molar-refractivity contribution in [2.45, 2.75) is 32.5 Å². The number of nitrogens with zero attached hydrogens (tertiary/aromatic N) is 3. The Bertz CT molecular complexity index is 989. The Kier molecular flexibility index (Phi) is 6.12. The normalized spacial score (nSPS) is 18.2. The number of alkyl halides is 3. The third-order valence-electron chi connectivity index (χ3n) is 5.28. The van der Waals surface area contributed by atoms with Crippen molar-refractivity contribution in [3.63, 3.8) is 0 Å². The minimum Gasteiger partial charge on any atom is -0.399 e. The molecule has 1 N–H and O–H groups in total. The lowest BCUT2D eigenvalue weighted by Crippen LogP contribution is -2.38. The maximum Gasteiger partial charge on any atom is 0.417 e. The zero-order valence-electron chi connectivity index (χ0n) is 16.8. The van der Waals surface area contributed by atoms with E-state index >= 15 is 0 Å². The van der Waals surface area contributed by atoms with Gasteiger partial charge in [-0.25, -0.2) is 0 Å². The average molecular weight is 421 g/mol. The zero-order valence-corrected chi connectivity index (χ0v) is 16.8. The molecule has 0 bridgehead atoms. The second-order valence-corrected chi connectivity index (χ2v) is 7.17. The van der Waals surface area contributed by atoms with Crippen molar-refractivity contribution >= 4 is 11.6 Å². The van der Waals surface area contributed by atoms with Crippen LogP contribution in [0.15, 0.2) is 35.6 Å². The van der Waals surface area contributed by atoms with Crippen LogP contribution in [0.25, 0.3) is 11.1 Å². The number of benzene rings is 1. The number of carbonyl (C=O) groups is 1. The average Bonchev–Trinajstić information content (AvgIpc) is 3.12. The summed E-state index contributed by atoms with van der Waals surface area (Å²) in [4.78, 5) is 22.9. The summed E-state index contributed by atoms with van der Waals surface area (Å²) in [5, 5.41) is 13.3. The van der Waals surface area contributed by atoms with Crippen LogP contribution in [0.2, 0.25) is 0 Å². The van der Waals surface area contributed by atoms with Gasteiger partial charge in [0.2, 0.25) is 0 Å². The molecule has 160 valence electrons. The molecule has 0 spiro atoms. The van der Waals surface area contributed by atoms with Crippen LogP contribution in [-0.4, -0.2) is 52.9 Å². The molecule has 1 aliphatic heterocycles. The molecule has 2 heterocycles. The third-order valence-corrected chi connectivity index (χ3v) is 5.28. The summed E-state index contributed by atoms with van der Waals surface area (Å²) in [7, 11) is 1.36. The first-order valence-corrected chi connectivity index (χ1v) is 9.32. The summed E-state index contributed by atoms with van der Waals surface area (Å²) in [6, 6.07) is 5.29. The highest BCUT2D eigenvalue weighted by molar-refractivity contribution is 5.99. The number of aliphatic hydroxyl groups excluding tert-OH is 1. The van der Waals surface area contributed by atoms with Crippen LogP contribution in [0.1, 0.15) is 33.6 Å². The fraction of sp³-hybridized carbons (Fsp3) is 0.381. The van der Waals surface area contributed by atoms with Gasteiger partial charge in [0.1, 0.15) is 12.8 Å². The molecule has 1 aliphatic rings. The van der Waals surface area contributed by atoms with Gasteiger partial charge in [-0.15, -0.1) is 0 Å². The Hall–Kier alpha value is -2.94. The number of aryl methyl sites for hydroxylation is 1. The summed E-state index contributed by atoms with van der Waals surface area (Å²) in [6.07, 6.45) is -3.30. The Morgan fingerprint density at radius 1 is 1.33 bits per heavy atom. The van der Waals surface area contributed by atoms with E-state index < -0.39 is 23.7 Å². The van der Waals surface area contributed by atoms with Gasteiger partial charge < -0.3 is 14.8 Å². The third kappa shape index (κ3) is 4.16. The van der Waals surface area contributed by atoms with Gasteiger partial charge >= 0.3 is 6.18 Å². The van der Waals surface area contributed by atoms with Crippen molar-refractivity contribution in [1.82, 2.24) is 9.88 Å². The Labute approximate surface area is 172 Å². The number of aliphatic hydroxyl groups is 1. The van der Waals surface area contributed by atoms with Gasteiger partial charge in [0, 0.05) is 18.2 Å². The van der Waals surface area contributed by atoms with Crippen LogP contribution >= 0.6 is 0 Å². The molecule has 0 radical (unpaired) electrons. The Morgan fingerprint density at radius 2 is 2.07 bits per heavy atom. The largest absolute Gasteiger partial charge is 0.417 e. The molecule has 6 nitrogen and oxygen atoms in total. The predicted molar refractivity (Wildman–Crippen MR) is 105 cm³/mol. The summed E-state index contributed by atoms with van der Waals surface area (Å²) < 4.78 is 41.6. The molecular formula is C21H22F3N3O3. The number of hydrogen-bond donors (Lipinski definition) is 1. The van der Waals surface area contributed by atoms with E-state index in [0.29, 0.717) is 16.8 Å². The minimum absolute atomic E-state index is 0.0552. The number of likely N-dealkylation sites (tertiary alicyclic amines) is 1. The molecule has 1 fully saturated rings. The fourth-order valence-electron chi connectivity index (χ4n) is 3.58. The van der Waals surface area contributed by atoms with E-state index in [9.17, 15) is 23.1 Å². The second kappa shape index (κ2) is 8.43. The van der Waals surface area contributed by atoms with Crippen LogP contribution in [0.4, 0.5) is 13.2 Å². The van der Waals surface area contributed by atoms with Gasteiger partial charge in [-0.1, -0.05) is 23.4 Å². The fourth-order valence-corrected chi connectivity index (χ4v) is 3.58. The SMILES string of the molecule is CO/N=C1/C[C@@H](CO)N(C(=O)c2cc(C(F)(F)F)c(-c3cccc(C)c3C)cn2)C1.